The number of rotatable bonds is 7. The Hall–Kier alpha value is -0.540. The molecule has 1 rings (SSSR count). The van der Waals surface area contributed by atoms with Gasteiger partial charge in [0.25, 0.3) is 0 Å². The van der Waals surface area contributed by atoms with E-state index in [9.17, 15) is 4.39 Å². The Morgan fingerprint density at radius 3 is 2.81 bits per heavy atom. The van der Waals surface area contributed by atoms with E-state index in [-0.39, 0.29) is 5.82 Å². The van der Waals surface area contributed by atoms with Gasteiger partial charge in [-0.1, -0.05) is 26.3 Å². The van der Waals surface area contributed by atoms with Crippen LogP contribution in [0.25, 0.3) is 0 Å². The molecule has 1 N–H and O–H groups in total. The zero-order valence-electron chi connectivity index (χ0n) is 10.1. The fourth-order valence-electron chi connectivity index (χ4n) is 1.42. The van der Waals surface area contributed by atoms with Crippen LogP contribution >= 0.6 is 11.8 Å². The maximum absolute atomic E-state index is 13.6. The molecule has 3 heteroatoms. The summed E-state index contributed by atoms with van der Waals surface area (Å²) in [4.78, 5) is 1.08. The molecule has 90 valence electrons. The number of thioether (sulfide) groups is 1. The Morgan fingerprint density at radius 2 is 2.12 bits per heavy atom. The summed E-state index contributed by atoms with van der Waals surface area (Å²) in [5.41, 5.74) is 0.811. The average Bonchev–Trinajstić information content (AvgIpc) is 2.28. The largest absolute Gasteiger partial charge is 0.313 e. The van der Waals surface area contributed by atoms with Crippen LogP contribution in [0.3, 0.4) is 0 Å². The Morgan fingerprint density at radius 1 is 1.31 bits per heavy atom. The molecule has 0 aliphatic rings. The zero-order valence-corrected chi connectivity index (χ0v) is 10.9. The second-order valence-corrected chi connectivity index (χ2v) is 4.84. The Bertz CT molecular complexity index is 315. The average molecular weight is 241 g/mol. The Kier molecular flexibility index (Phi) is 6.50. The highest BCUT2D eigenvalue weighted by Crippen LogP contribution is 2.25. The molecule has 1 nitrogen and oxygen atoms in total. The van der Waals surface area contributed by atoms with Crippen LogP contribution in [0.5, 0.6) is 0 Å². The van der Waals surface area contributed by atoms with Crippen LogP contribution in [0.4, 0.5) is 4.39 Å². The molecule has 0 bridgehead atoms. The molecule has 0 unspecified atom stereocenters. The molecule has 0 spiro atoms. The summed E-state index contributed by atoms with van der Waals surface area (Å²) in [6.07, 6.45) is 2.37. The smallest absolute Gasteiger partial charge is 0.128 e. The molecule has 0 radical (unpaired) electrons. The third-order valence-electron chi connectivity index (χ3n) is 2.38. The standard InChI is InChI=1S/C13H20FNS/c1-3-5-9-16-13-8-6-7-12(14)11(13)10-15-4-2/h6-8,15H,3-5,9-10H2,1-2H3. The lowest BCUT2D eigenvalue weighted by atomic mass is 10.2. The van der Waals surface area contributed by atoms with Crippen LogP contribution in [0, 0.1) is 5.82 Å². The van der Waals surface area contributed by atoms with E-state index in [1.165, 1.54) is 18.9 Å². The molecular formula is C13H20FNS. The normalized spacial score (nSPS) is 10.7. The fourth-order valence-corrected chi connectivity index (χ4v) is 2.59. The van der Waals surface area contributed by atoms with E-state index in [1.807, 2.05) is 13.0 Å². The van der Waals surface area contributed by atoms with E-state index in [4.69, 9.17) is 0 Å². The molecule has 0 aliphatic carbocycles. The summed E-state index contributed by atoms with van der Waals surface area (Å²) in [5.74, 6) is 0.974. The number of unbranched alkanes of at least 4 members (excludes halogenated alkanes) is 1. The third-order valence-corrected chi connectivity index (χ3v) is 3.57. The molecule has 0 heterocycles. The van der Waals surface area contributed by atoms with Crippen molar-refractivity contribution in [2.75, 3.05) is 12.3 Å². The van der Waals surface area contributed by atoms with Crippen molar-refractivity contribution in [3.8, 4) is 0 Å². The van der Waals surface area contributed by atoms with Gasteiger partial charge in [-0.25, -0.2) is 4.39 Å². The maximum atomic E-state index is 13.6. The highest BCUT2D eigenvalue weighted by Gasteiger charge is 2.07. The van der Waals surface area contributed by atoms with Crippen LogP contribution in [-0.2, 0) is 6.54 Å². The van der Waals surface area contributed by atoms with Crippen LogP contribution in [0.2, 0.25) is 0 Å². The van der Waals surface area contributed by atoms with Crippen molar-refractivity contribution in [3.05, 3.63) is 29.6 Å². The Balaban J connectivity index is 2.68. The van der Waals surface area contributed by atoms with Crippen LogP contribution in [0.15, 0.2) is 23.1 Å². The quantitative estimate of drug-likeness (QED) is 0.575. The molecular weight excluding hydrogens is 221 g/mol. The van der Waals surface area contributed by atoms with Crippen molar-refractivity contribution in [1.82, 2.24) is 5.32 Å². The van der Waals surface area contributed by atoms with Crippen molar-refractivity contribution in [3.63, 3.8) is 0 Å². The van der Waals surface area contributed by atoms with Crippen molar-refractivity contribution in [2.24, 2.45) is 0 Å². The van der Waals surface area contributed by atoms with Gasteiger partial charge in [0.1, 0.15) is 5.82 Å². The molecule has 0 fully saturated rings. The molecule has 0 atom stereocenters. The van der Waals surface area contributed by atoms with Crippen LogP contribution in [-0.4, -0.2) is 12.3 Å². The number of nitrogens with one attached hydrogen (secondary N) is 1. The minimum absolute atomic E-state index is 0.0950. The lowest BCUT2D eigenvalue weighted by Gasteiger charge is -2.10. The summed E-state index contributed by atoms with van der Waals surface area (Å²) < 4.78 is 13.6. The SMILES string of the molecule is CCCCSc1cccc(F)c1CNCC. The number of halogens is 1. The molecule has 0 aliphatic heterocycles. The lowest BCUT2D eigenvalue weighted by molar-refractivity contribution is 0.585. The first-order chi connectivity index (χ1) is 7.79. The predicted octanol–water partition coefficient (Wildman–Crippen LogP) is 3.83. The van der Waals surface area contributed by atoms with Gasteiger partial charge in [0, 0.05) is 17.0 Å². The first kappa shape index (κ1) is 13.5. The van der Waals surface area contributed by atoms with Crippen molar-refractivity contribution in [2.45, 2.75) is 38.1 Å². The molecule has 0 amide bonds. The van der Waals surface area contributed by atoms with E-state index < -0.39 is 0 Å². The van der Waals surface area contributed by atoms with E-state index in [1.54, 1.807) is 17.8 Å². The summed E-state index contributed by atoms with van der Waals surface area (Å²) in [6, 6.07) is 5.34. The summed E-state index contributed by atoms with van der Waals surface area (Å²) in [6.45, 7) is 5.70. The van der Waals surface area contributed by atoms with Gasteiger partial charge in [0.15, 0.2) is 0 Å². The minimum atomic E-state index is -0.0950. The monoisotopic (exact) mass is 241 g/mol. The maximum Gasteiger partial charge on any atom is 0.128 e. The fraction of sp³-hybridized carbons (Fsp3) is 0.538. The predicted molar refractivity (Wildman–Crippen MR) is 69.4 cm³/mol. The van der Waals surface area contributed by atoms with E-state index in [2.05, 4.69) is 12.2 Å². The molecule has 1 aromatic carbocycles. The molecule has 16 heavy (non-hydrogen) atoms. The van der Waals surface area contributed by atoms with E-state index in [0.717, 1.165) is 22.8 Å². The molecule has 0 saturated heterocycles. The van der Waals surface area contributed by atoms with Gasteiger partial charge in [0.05, 0.1) is 0 Å². The van der Waals surface area contributed by atoms with Crippen molar-refractivity contribution < 1.29 is 4.39 Å². The van der Waals surface area contributed by atoms with Gasteiger partial charge in [-0.3, -0.25) is 0 Å². The van der Waals surface area contributed by atoms with E-state index in [0.29, 0.717) is 6.54 Å². The van der Waals surface area contributed by atoms with Crippen LogP contribution < -0.4 is 5.32 Å². The molecule has 0 saturated carbocycles. The van der Waals surface area contributed by atoms with Crippen molar-refractivity contribution in [1.29, 1.82) is 0 Å². The summed E-state index contributed by atoms with van der Waals surface area (Å²) in [7, 11) is 0. The molecule has 0 aromatic heterocycles. The summed E-state index contributed by atoms with van der Waals surface area (Å²) in [5, 5.41) is 3.18. The number of benzene rings is 1. The zero-order chi connectivity index (χ0) is 11.8. The highest BCUT2D eigenvalue weighted by molar-refractivity contribution is 7.99. The topological polar surface area (TPSA) is 12.0 Å². The highest BCUT2D eigenvalue weighted by atomic mass is 32.2. The second kappa shape index (κ2) is 7.69. The number of hydrogen-bond acceptors (Lipinski definition) is 2. The van der Waals surface area contributed by atoms with Gasteiger partial charge < -0.3 is 5.32 Å². The first-order valence-corrected chi connectivity index (χ1v) is 6.89. The number of hydrogen-bond donors (Lipinski definition) is 1. The van der Waals surface area contributed by atoms with E-state index >= 15 is 0 Å². The second-order valence-electron chi connectivity index (χ2n) is 3.70. The molecule has 1 aromatic rings. The van der Waals surface area contributed by atoms with Gasteiger partial charge in [-0.05, 0) is 30.9 Å². The van der Waals surface area contributed by atoms with Gasteiger partial charge in [0.2, 0.25) is 0 Å². The van der Waals surface area contributed by atoms with Crippen molar-refractivity contribution >= 4 is 11.8 Å². The van der Waals surface area contributed by atoms with Gasteiger partial charge in [-0.15, -0.1) is 11.8 Å². The van der Waals surface area contributed by atoms with Gasteiger partial charge >= 0.3 is 0 Å². The lowest BCUT2D eigenvalue weighted by Crippen LogP contribution is -2.13. The third kappa shape index (κ3) is 4.14. The Labute approximate surface area is 102 Å². The first-order valence-electron chi connectivity index (χ1n) is 5.90. The minimum Gasteiger partial charge on any atom is -0.313 e. The van der Waals surface area contributed by atoms with Gasteiger partial charge in [-0.2, -0.15) is 0 Å². The van der Waals surface area contributed by atoms with Crippen LogP contribution in [0.1, 0.15) is 32.3 Å². The summed E-state index contributed by atoms with van der Waals surface area (Å²) >= 11 is 1.76.